The smallest absolute Gasteiger partial charge is 0.276 e. The standard InChI is InChI=1S/C16H20N4O/c1-12-8-6-7-11-19(12)16(21)15-13(2)17-20(18-15)14-9-4-3-5-10-14/h3-5,9-10,12H,6-8,11H2,1-2H3/t12-/m1/s1. The highest BCUT2D eigenvalue weighted by molar-refractivity contribution is 5.93. The predicted octanol–water partition coefficient (Wildman–Crippen LogP) is 2.59. The Labute approximate surface area is 124 Å². The first kappa shape index (κ1) is 13.8. The van der Waals surface area contributed by atoms with Crippen LogP contribution >= 0.6 is 0 Å². The molecular weight excluding hydrogens is 264 g/mol. The summed E-state index contributed by atoms with van der Waals surface area (Å²) < 4.78 is 0. The zero-order chi connectivity index (χ0) is 14.8. The number of aryl methyl sites for hydroxylation is 1. The molecule has 1 aliphatic heterocycles. The summed E-state index contributed by atoms with van der Waals surface area (Å²) >= 11 is 0. The first-order valence-corrected chi connectivity index (χ1v) is 7.47. The largest absolute Gasteiger partial charge is 0.334 e. The first-order valence-electron chi connectivity index (χ1n) is 7.47. The summed E-state index contributed by atoms with van der Waals surface area (Å²) in [5.41, 5.74) is 2.01. The van der Waals surface area contributed by atoms with E-state index in [1.807, 2.05) is 42.2 Å². The molecule has 0 saturated carbocycles. The van der Waals surface area contributed by atoms with Crippen molar-refractivity contribution in [3.05, 3.63) is 41.7 Å². The molecular formula is C16H20N4O. The monoisotopic (exact) mass is 284 g/mol. The number of likely N-dealkylation sites (tertiary alicyclic amines) is 1. The minimum absolute atomic E-state index is 0.00174. The van der Waals surface area contributed by atoms with Crippen LogP contribution in [0.5, 0.6) is 0 Å². The van der Waals surface area contributed by atoms with Gasteiger partial charge in [0.1, 0.15) is 0 Å². The highest BCUT2D eigenvalue weighted by Crippen LogP contribution is 2.19. The van der Waals surface area contributed by atoms with Crippen molar-refractivity contribution in [3.63, 3.8) is 0 Å². The molecule has 0 aliphatic carbocycles. The number of rotatable bonds is 2. The molecule has 0 radical (unpaired) electrons. The molecule has 1 fully saturated rings. The van der Waals surface area contributed by atoms with Gasteiger partial charge in [-0.1, -0.05) is 18.2 Å². The van der Waals surface area contributed by atoms with Crippen molar-refractivity contribution >= 4 is 5.91 Å². The second-order valence-electron chi connectivity index (χ2n) is 5.60. The maximum Gasteiger partial charge on any atom is 0.276 e. The third-order valence-corrected chi connectivity index (χ3v) is 4.04. The van der Waals surface area contributed by atoms with E-state index in [0.717, 1.165) is 25.1 Å². The lowest BCUT2D eigenvalue weighted by atomic mass is 10.0. The van der Waals surface area contributed by atoms with Crippen LogP contribution in [-0.2, 0) is 0 Å². The average Bonchev–Trinajstić information content (AvgIpc) is 2.90. The van der Waals surface area contributed by atoms with E-state index in [0.29, 0.717) is 11.4 Å². The van der Waals surface area contributed by atoms with Crippen LogP contribution in [0.4, 0.5) is 0 Å². The van der Waals surface area contributed by atoms with Crippen molar-refractivity contribution in [2.45, 2.75) is 39.2 Å². The maximum absolute atomic E-state index is 12.7. The number of benzene rings is 1. The summed E-state index contributed by atoms with van der Waals surface area (Å²) in [4.78, 5) is 16.2. The minimum Gasteiger partial charge on any atom is -0.334 e. The molecule has 5 heteroatoms. The third kappa shape index (κ3) is 2.68. The van der Waals surface area contributed by atoms with Crippen LogP contribution in [0.1, 0.15) is 42.4 Å². The Morgan fingerprint density at radius 1 is 1.19 bits per heavy atom. The molecule has 1 aliphatic rings. The number of nitrogens with zero attached hydrogens (tertiary/aromatic N) is 4. The topological polar surface area (TPSA) is 51.0 Å². The van der Waals surface area contributed by atoms with Crippen molar-refractivity contribution in [1.82, 2.24) is 19.9 Å². The Balaban J connectivity index is 1.89. The Hall–Kier alpha value is -2.17. The zero-order valence-electron chi connectivity index (χ0n) is 12.5. The number of hydrogen-bond donors (Lipinski definition) is 0. The van der Waals surface area contributed by atoms with Gasteiger partial charge in [0.05, 0.1) is 11.4 Å². The van der Waals surface area contributed by atoms with Crippen molar-refractivity contribution in [1.29, 1.82) is 0 Å². The van der Waals surface area contributed by atoms with Crippen LogP contribution < -0.4 is 0 Å². The van der Waals surface area contributed by atoms with E-state index in [1.165, 1.54) is 11.2 Å². The van der Waals surface area contributed by atoms with Gasteiger partial charge in [0.25, 0.3) is 5.91 Å². The quantitative estimate of drug-likeness (QED) is 0.851. The first-order chi connectivity index (χ1) is 10.2. The van der Waals surface area contributed by atoms with Crippen molar-refractivity contribution in [2.75, 3.05) is 6.54 Å². The summed E-state index contributed by atoms with van der Waals surface area (Å²) in [6.07, 6.45) is 3.33. The minimum atomic E-state index is 0.00174. The molecule has 1 aromatic carbocycles. The molecule has 3 rings (SSSR count). The van der Waals surface area contributed by atoms with Crippen LogP contribution in [0.2, 0.25) is 0 Å². The number of para-hydroxylation sites is 1. The fourth-order valence-electron chi connectivity index (χ4n) is 2.79. The maximum atomic E-state index is 12.7. The van der Waals surface area contributed by atoms with E-state index in [4.69, 9.17) is 0 Å². The second kappa shape index (κ2) is 5.68. The molecule has 2 aromatic rings. The molecule has 0 bridgehead atoms. The van der Waals surface area contributed by atoms with Gasteiger partial charge in [-0.3, -0.25) is 4.79 Å². The Morgan fingerprint density at radius 2 is 1.95 bits per heavy atom. The molecule has 2 heterocycles. The molecule has 0 unspecified atom stereocenters. The van der Waals surface area contributed by atoms with Gasteiger partial charge < -0.3 is 4.90 Å². The molecule has 21 heavy (non-hydrogen) atoms. The summed E-state index contributed by atoms with van der Waals surface area (Å²) in [5, 5.41) is 8.78. The molecule has 1 saturated heterocycles. The fraction of sp³-hybridized carbons (Fsp3) is 0.438. The normalized spacial score (nSPS) is 18.8. The Kier molecular flexibility index (Phi) is 3.73. The summed E-state index contributed by atoms with van der Waals surface area (Å²) in [5.74, 6) is 0.00174. The lowest BCUT2D eigenvalue weighted by Crippen LogP contribution is -2.42. The average molecular weight is 284 g/mol. The Bertz CT molecular complexity index is 635. The molecule has 5 nitrogen and oxygen atoms in total. The van der Waals surface area contributed by atoms with Crippen molar-refractivity contribution in [2.24, 2.45) is 0 Å². The van der Waals surface area contributed by atoms with E-state index in [9.17, 15) is 4.79 Å². The van der Waals surface area contributed by atoms with Crippen LogP contribution in [-0.4, -0.2) is 38.4 Å². The van der Waals surface area contributed by atoms with Crippen LogP contribution in [0.3, 0.4) is 0 Å². The zero-order valence-corrected chi connectivity index (χ0v) is 12.5. The lowest BCUT2D eigenvalue weighted by Gasteiger charge is -2.32. The third-order valence-electron chi connectivity index (χ3n) is 4.04. The number of aromatic nitrogens is 3. The molecule has 1 amide bonds. The van der Waals surface area contributed by atoms with Gasteiger partial charge in [-0.2, -0.15) is 9.90 Å². The fourth-order valence-corrected chi connectivity index (χ4v) is 2.79. The van der Waals surface area contributed by atoms with E-state index < -0.39 is 0 Å². The van der Waals surface area contributed by atoms with Crippen molar-refractivity contribution < 1.29 is 4.79 Å². The van der Waals surface area contributed by atoms with Crippen LogP contribution in [0.25, 0.3) is 5.69 Å². The second-order valence-corrected chi connectivity index (χ2v) is 5.60. The molecule has 110 valence electrons. The molecule has 1 atom stereocenters. The predicted molar refractivity (Wildman–Crippen MR) is 80.4 cm³/mol. The van der Waals surface area contributed by atoms with Gasteiger partial charge in [-0.25, -0.2) is 0 Å². The summed E-state index contributed by atoms with van der Waals surface area (Å²) in [6.45, 7) is 4.76. The summed E-state index contributed by atoms with van der Waals surface area (Å²) in [7, 11) is 0. The van der Waals surface area contributed by atoms with Crippen LogP contribution in [0, 0.1) is 6.92 Å². The van der Waals surface area contributed by atoms with Gasteiger partial charge in [-0.05, 0) is 45.2 Å². The molecule has 0 spiro atoms. The van der Waals surface area contributed by atoms with E-state index >= 15 is 0 Å². The summed E-state index contributed by atoms with van der Waals surface area (Å²) in [6, 6.07) is 9.95. The van der Waals surface area contributed by atoms with Gasteiger partial charge in [0.15, 0.2) is 5.69 Å². The number of amides is 1. The molecule has 1 aromatic heterocycles. The number of piperidine rings is 1. The number of hydrogen-bond acceptors (Lipinski definition) is 3. The van der Waals surface area contributed by atoms with Crippen molar-refractivity contribution in [3.8, 4) is 5.69 Å². The SMILES string of the molecule is Cc1nn(-c2ccccc2)nc1C(=O)N1CCCC[C@H]1C. The van der Waals surface area contributed by atoms with Gasteiger partial charge in [-0.15, -0.1) is 5.10 Å². The Morgan fingerprint density at radius 3 is 2.67 bits per heavy atom. The van der Waals surface area contributed by atoms with Gasteiger partial charge >= 0.3 is 0 Å². The van der Waals surface area contributed by atoms with Gasteiger partial charge in [0, 0.05) is 12.6 Å². The number of carbonyl (C=O) groups excluding carboxylic acids is 1. The van der Waals surface area contributed by atoms with Crippen LogP contribution in [0.15, 0.2) is 30.3 Å². The van der Waals surface area contributed by atoms with E-state index in [2.05, 4.69) is 17.1 Å². The molecule has 0 N–H and O–H groups in total. The number of carbonyl (C=O) groups is 1. The highest BCUT2D eigenvalue weighted by Gasteiger charge is 2.27. The highest BCUT2D eigenvalue weighted by atomic mass is 16.2. The lowest BCUT2D eigenvalue weighted by molar-refractivity contribution is 0.0628. The van der Waals surface area contributed by atoms with E-state index in [-0.39, 0.29) is 11.9 Å². The van der Waals surface area contributed by atoms with Gasteiger partial charge in [0.2, 0.25) is 0 Å². The van der Waals surface area contributed by atoms with E-state index in [1.54, 1.807) is 0 Å².